The average Bonchev–Trinajstić information content (AvgIpc) is 3.83. The Labute approximate surface area is 291 Å². The Hall–Kier alpha value is -5.86. The summed E-state index contributed by atoms with van der Waals surface area (Å²) in [5.41, 5.74) is 15.9. The van der Waals surface area contributed by atoms with Gasteiger partial charge in [0.15, 0.2) is 0 Å². The molecule has 4 aliphatic rings. The van der Waals surface area contributed by atoms with Crippen LogP contribution >= 0.6 is 0 Å². The zero-order valence-electron chi connectivity index (χ0n) is 28.3. The molecule has 236 valence electrons. The average molecular weight is 639 g/mol. The molecular weight excluding hydrogens is 605 g/mol. The summed E-state index contributed by atoms with van der Waals surface area (Å²) < 4.78 is 2.65. The van der Waals surface area contributed by atoms with E-state index < -0.39 is 0 Å². The van der Waals surface area contributed by atoms with Crippen LogP contribution in [0, 0.1) is 0 Å². The molecule has 0 fully saturated rings. The van der Waals surface area contributed by atoms with Crippen molar-refractivity contribution in [3.8, 4) is 16.8 Å². The molecule has 8 aromatic rings. The van der Waals surface area contributed by atoms with Crippen LogP contribution in [0.2, 0.25) is 0 Å². The van der Waals surface area contributed by atoms with Crippen LogP contribution in [0.25, 0.3) is 65.7 Å². The van der Waals surface area contributed by atoms with Crippen LogP contribution < -0.4 is 4.90 Å². The number of nitrogens with zero attached hydrogens (tertiary/aromatic N) is 2. The molecular formula is C48H34N2. The maximum Gasteiger partial charge on any atom is 0.0729 e. The number of para-hydroxylation sites is 1. The van der Waals surface area contributed by atoms with Gasteiger partial charge in [-0.25, -0.2) is 0 Å². The second kappa shape index (κ2) is 8.83. The van der Waals surface area contributed by atoms with E-state index in [0.29, 0.717) is 0 Å². The first-order chi connectivity index (χ1) is 24.5. The SMILES string of the molecule is CC1(C)c2ccccc2-c2cc(-n3c4c5c(c6ccccc6c4c4ccc6ccccc6c43)N3c4ccccc4C4=CC=CC5(C)C43)ccc21. The topological polar surface area (TPSA) is 8.17 Å². The van der Waals surface area contributed by atoms with Gasteiger partial charge in [-0.3, -0.25) is 0 Å². The Balaban J connectivity index is 1.32. The smallest absolute Gasteiger partial charge is 0.0729 e. The first-order valence-corrected chi connectivity index (χ1v) is 17.9. The standard InChI is InChI=1S/C48H34N2/c1-47(2)38-20-10-8-15-31(38)37-27-29(23-25-39(37)47)49-43-30-14-5-4-13-28(30)22-24-36(43)41-33-17-6-7-18-34(33)44-42(45(41)49)48(3)26-12-19-35-32-16-9-11-21-40(32)50(44)46(35)48/h4-27,46H,1-3H3. The number of allylic oxidation sites excluding steroid dienone is 2. The molecule has 0 radical (unpaired) electrons. The molecule has 0 saturated carbocycles. The third-order valence-electron chi connectivity index (χ3n) is 12.7. The predicted molar refractivity (Wildman–Crippen MR) is 210 cm³/mol. The monoisotopic (exact) mass is 638 g/mol. The molecule has 2 heteroatoms. The van der Waals surface area contributed by atoms with Crippen LogP contribution in [0.3, 0.4) is 0 Å². The van der Waals surface area contributed by atoms with Gasteiger partial charge in [-0.15, -0.1) is 0 Å². The molecule has 1 aromatic heterocycles. The first-order valence-electron chi connectivity index (χ1n) is 17.9. The fourth-order valence-corrected chi connectivity index (χ4v) is 10.6. The van der Waals surface area contributed by atoms with Gasteiger partial charge in [-0.2, -0.15) is 0 Å². The summed E-state index contributed by atoms with van der Waals surface area (Å²) in [6.07, 6.45) is 7.17. The molecule has 0 spiro atoms. The third kappa shape index (κ3) is 2.96. The molecule has 7 aromatic carbocycles. The first kappa shape index (κ1) is 27.0. The summed E-state index contributed by atoms with van der Waals surface area (Å²) in [5.74, 6) is 0. The van der Waals surface area contributed by atoms with Gasteiger partial charge in [0.25, 0.3) is 0 Å². The molecule has 2 aliphatic heterocycles. The molecule has 0 N–H and O–H groups in total. The summed E-state index contributed by atoms with van der Waals surface area (Å²) in [4.78, 5) is 2.68. The highest BCUT2D eigenvalue weighted by Gasteiger charge is 2.55. The number of fused-ring (bicyclic) bond motifs is 18. The Bertz CT molecular complexity index is 2930. The lowest BCUT2D eigenvalue weighted by atomic mass is 9.71. The van der Waals surface area contributed by atoms with Crippen LogP contribution in [0.4, 0.5) is 11.4 Å². The molecule has 12 rings (SSSR count). The van der Waals surface area contributed by atoms with E-state index >= 15 is 0 Å². The van der Waals surface area contributed by atoms with Crippen molar-refractivity contribution in [2.24, 2.45) is 0 Å². The number of rotatable bonds is 1. The lowest BCUT2D eigenvalue weighted by Crippen LogP contribution is -2.38. The van der Waals surface area contributed by atoms with Gasteiger partial charge in [-0.05, 0) is 63.7 Å². The van der Waals surface area contributed by atoms with Crippen molar-refractivity contribution in [2.75, 3.05) is 4.90 Å². The predicted octanol–water partition coefficient (Wildman–Crippen LogP) is 12.1. The lowest BCUT2D eigenvalue weighted by molar-refractivity contribution is 0.573. The van der Waals surface area contributed by atoms with Crippen LogP contribution in [0.5, 0.6) is 0 Å². The second-order valence-electron chi connectivity index (χ2n) is 15.5. The number of aromatic nitrogens is 1. The Morgan fingerprint density at radius 1 is 0.580 bits per heavy atom. The van der Waals surface area contributed by atoms with Gasteiger partial charge in [0.2, 0.25) is 0 Å². The van der Waals surface area contributed by atoms with E-state index in [1.54, 1.807) is 0 Å². The van der Waals surface area contributed by atoms with Gasteiger partial charge >= 0.3 is 0 Å². The lowest BCUT2D eigenvalue weighted by Gasteiger charge is -2.33. The molecule has 2 nitrogen and oxygen atoms in total. The molecule has 0 bridgehead atoms. The van der Waals surface area contributed by atoms with E-state index in [2.05, 4.69) is 176 Å². The van der Waals surface area contributed by atoms with Crippen molar-refractivity contribution >= 4 is 60.3 Å². The van der Waals surface area contributed by atoms with E-state index in [0.717, 1.165) is 0 Å². The largest absolute Gasteiger partial charge is 0.331 e. The zero-order chi connectivity index (χ0) is 33.1. The van der Waals surface area contributed by atoms with E-state index in [-0.39, 0.29) is 16.9 Å². The maximum atomic E-state index is 2.68. The minimum absolute atomic E-state index is 0.0450. The fourth-order valence-electron chi connectivity index (χ4n) is 10.6. The Kier molecular flexibility index (Phi) is 4.77. The molecule has 3 heterocycles. The maximum absolute atomic E-state index is 2.68. The molecule has 0 saturated heterocycles. The van der Waals surface area contributed by atoms with Crippen molar-refractivity contribution in [3.05, 3.63) is 168 Å². The Morgan fingerprint density at radius 3 is 2.18 bits per heavy atom. The molecule has 2 atom stereocenters. The Morgan fingerprint density at radius 2 is 1.30 bits per heavy atom. The summed E-state index contributed by atoms with van der Waals surface area (Å²) in [7, 11) is 0. The van der Waals surface area contributed by atoms with E-state index in [1.807, 2.05) is 0 Å². The normalized spacial score (nSPS) is 20.3. The highest BCUT2D eigenvalue weighted by Crippen LogP contribution is 2.64. The summed E-state index contributed by atoms with van der Waals surface area (Å²) in [6, 6.07) is 48.3. The summed E-state index contributed by atoms with van der Waals surface area (Å²) in [5, 5.41) is 7.85. The second-order valence-corrected chi connectivity index (χ2v) is 15.5. The van der Waals surface area contributed by atoms with Gasteiger partial charge in [0, 0.05) is 54.9 Å². The number of hydrogen-bond donors (Lipinski definition) is 0. The highest BCUT2D eigenvalue weighted by molar-refractivity contribution is 6.30. The quantitative estimate of drug-likeness (QED) is 0.174. The van der Waals surface area contributed by atoms with Gasteiger partial charge < -0.3 is 9.47 Å². The summed E-state index contributed by atoms with van der Waals surface area (Å²) >= 11 is 0. The zero-order valence-corrected chi connectivity index (χ0v) is 28.3. The van der Waals surface area contributed by atoms with Crippen molar-refractivity contribution < 1.29 is 0 Å². The van der Waals surface area contributed by atoms with E-state index in [1.165, 1.54) is 99.4 Å². The molecule has 50 heavy (non-hydrogen) atoms. The van der Waals surface area contributed by atoms with E-state index in [4.69, 9.17) is 0 Å². The van der Waals surface area contributed by atoms with Crippen molar-refractivity contribution in [2.45, 2.75) is 37.6 Å². The van der Waals surface area contributed by atoms with Gasteiger partial charge in [0.05, 0.1) is 22.8 Å². The van der Waals surface area contributed by atoms with Crippen LogP contribution in [-0.2, 0) is 10.8 Å². The molecule has 2 aliphatic carbocycles. The van der Waals surface area contributed by atoms with Crippen LogP contribution in [0.15, 0.2) is 146 Å². The van der Waals surface area contributed by atoms with Crippen LogP contribution in [0.1, 0.15) is 43.0 Å². The van der Waals surface area contributed by atoms with E-state index in [9.17, 15) is 0 Å². The molecule has 2 unspecified atom stereocenters. The number of hydrogen-bond acceptors (Lipinski definition) is 1. The minimum atomic E-state index is -0.242. The fraction of sp³-hybridized carbons (Fsp3) is 0.125. The third-order valence-corrected chi connectivity index (χ3v) is 12.7. The van der Waals surface area contributed by atoms with Crippen molar-refractivity contribution in [1.29, 1.82) is 0 Å². The van der Waals surface area contributed by atoms with Gasteiger partial charge in [-0.1, -0.05) is 141 Å². The highest BCUT2D eigenvalue weighted by atomic mass is 15.2. The van der Waals surface area contributed by atoms with Crippen molar-refractivity contribution in [3.63, 3.8) is 0 Å². The minimum Gasteiger partial charge on any atom is -0.331 e. The number of benzene rings is 7. The van der Waals surface area contributed by atoms with Crippen LogP contribution in [-0.4, -0.2) is 10.6 Å². The van der Waals surface area contributed by atoms with Crippen molar-refractivity contribution in [1.82, 2.24) is 4.57 Å². The molecule has 0 amide bonds. The number of anilines is 2. The summed E-state index contributed by atoms with van der Waals surface area (Å²) in [6.45, 7) is 7.23. The van der Waals surface area contributed by atoms with Gasteiger partial charge in [0.1, 0.15) is 0 Å².